The number of benzene rings is 1. The van der Waals surface area contributed by atoms with Crippen molar-refractivity contribution in [2.24, 2.45) is 0 Å². The SMILES string of the molecule is O=S(=O)(c1ccccc1Br)C(F)(F)F. The van der Waals surface area contributed by atoms with Crippen LogP contribution < -0.4 is 0 Å². The minimum Gasteiger partial charge on any atom is -0.214 e. The van der Waals surface area contributed by atoms with E-state index >= 15 is 0 Å². The fraction of sp³-hybridized carbons (Fsp3) is 0.143. The van der Waals surface area contributed by atoms with Gasteiger partial charge in [-0.2, -0.15) is 13.2 Å². The summed E-state index contributed by atoms with van der Waals surface area (Å²) < 4.78 is 58.0. The largest absolute Gasteiger partial charge is 0.501 e. The highest BCUT2D eigenvalue weighted by molar-refractivity contribution is 9.10. The van der Waals surface area contributed by atoms with Crippen molar-refractivity contribution in [2.45, 2.75) is 10.4 Å². The molecule has 1 aromatic carbocycles. The Kier molecular flexibility index (Phi) is 2.91. The topological polar surface area (TPSA) is 34.1 Å². The molecule has 78 valence electrons. The van der Waals surface area contributed by atoms with Gasteiger partial charge < -0.3 is 0 Å². The van der Waals surface area contributed by atoms with Gasteiger partial charge in [-0.1, -0.05) is 12.1 Å². The number of sulfone groups is 1. The van der Waals surface area contributed by atoms with Crippen molar-refractivity contribution in [3.8, 4) is 0 Å². The molecule has 0 fully saturated rings. The van der Waals surface area contributed by atoms with Gasteiger partial charge in [-0.25, -0.2) is 8.42 Å². The molecule has 14 heavy (non-hydrogen) atoms. The van der Waals surface area contributed by atoms with E-state index in [0.29, 0.717) is 0 Å². The Morgan fingerprint density at radius 3 is 2.07 bits per heavy atom. The van der Waals surface area contributed by atoms with Crippen LogP contribution in [0.15, 0.2) is 33.6 Å². The summed E-state index contributed by atoms with van der Waals surface area (Å²) in [4.78, 5) is -0.771. The molecule has 0 aromatic heterocycles. The van der Waals surface area contributed by atoms with Crippen molar-refractivity contribution in [3.05, 3.63) is 28.7 Å². The molecule has 0 radical (unpaired) electrons. The van der Waals surface area contributed by atoms with Gasteiger partial charge in [0.25, 0.3) is 9.84 Å². The molecule has 0 amide bonds. The fourth-order valence-corrected chi connectivity index (χ4v) is 2.54. The molecule has 0 atom stereocenters. The second-order valence-electron chi connectivity index (χ2n) is 2.38. The summed E-state index contributed by atoms with van der Waals surface area (Å²) in [7, 11) is -5.25. The third kappa shape index (κ3) is 1.93. The lowest BCUT2D eigenvalue weighted by atomic mass is 10.4. The van der Waals surface area contributed by atoms with Crippen LogP contribution in [0.1, 0.15) is 0 Å². The number of rotatable bonds is 1. The van der Waals surface area contributed by atoms with Crippen LogP contribution in [0.4, 0.5) is 13.2 Å². The van der Waals surface area contributed by atoms with Gasteiger partial charge in [-0.05, 0) is 28.1 Å². The van der Waals surface area contributed by atoms with Crippen molar-refractivity contribution in [1.29, 1.82) is 0 Å². The van der Waals surface area contributed by atoms with Gasteiger partial charge in [-0.3, -0.25) is 0 Å². The van der Waals surface area contributed by atoms with Crippen LogP contribution in [-0.4, -0.2) is 13.9 Å². The van der Waals surface area contributed by atoms with E-state index in [1.165, 1.54) is 18.2 Å². The van der Waals surface area contributed by atoms with E-state index in [9.17, 15) is 21.6 Å². The van der Waals surface area contributed by atoms with E-state index in [0.717, 1.165) is 6.07 Å². The Balaban J connectivity index is 3.40. The van der Waals surface area contributed by atoms with Gasteiger partial charge in [0, 0.05) is 4.47 Å². The molecule has 1 aromatic rings. The van der Waals surface area contributed by atoms with E-state index in [2.05, 4.69) is 15.9 Å². The monoisotopic (exact) mass is 288 g/mol. The maximum Gasteiger partial charge on any atom is 0.501 e. The first-order valence-electron chi connectivity index (χ1n) is 3.32. The molecule has 0 saturated heterocycles. The fourth-order valence-electron chi connectivity index (χ4n) is 0.787. The molecule has 0 aliphatic heterocycles. The lowest BCUT2D eigenvalue weighted by Gasteiger charge is -2.08. The summed E-state index contributed by atoms with van der Waals surface area (Å²) in [5.41, 5.74) is -5.27. The molecule has 0 aliphatic rings. The third-order valence-corrected chi connectivity index (χ3v) is 3.93. The number of hydrogen-bond donors (Lipinski definition) is 0. The summed E-state index contributed by atoms with van der Waals surface area (Å²) >= 11 is 2.75. The number of alkyl halides is 3. The zero-order valence-corrected chi connectivity index (χ0v) is 8.95. The van der Waals surface area contributed by atoms with Gasteiger partial charge in [0.2, 0.25) is 0 Å². The summed E-state index contributed by atoms with van der Waals surface area (Å²) in [6.45, 7) is 0. The Morgan fingerprint density at radius 2 is 1.64 bits per heavy atom. The zero-order chi connectivity index (χ0) is 11.0. The van der Waals surface area contributed by atoms with E-state index in [-0.39, 0.29) is 4.47 Å². The van der Waals surface area contributed by atoms with Gasteiger partial charge in [0.15, 0.2) is 0 Å². The Labute approximate surface area is 86.8 Å². The van der Waals surface area contributed by atoms with Gasteiger partial charge >= 0.3 is 5.51 Å². The molecule has 1 rings (SSSR count). The van der Waals surface area contributed by atoms with E-state index < -0.39 is 20.2 Å². The second-order valence-corrected chi connectivity index (χ2v) is 5.14. The Morgan fingerprint density at radius 1 is 1.14 bits per heavy atom. The number of hydrogen-bond acceptors (Lipinski definition) is 2. The standard InChI is InChI=1S/C7H4BrF3O2S/c8-5-3-1-2-4-6(5)14(12,13)7(9,10)11/h1-4H. The summed E-state index contributed by atoms with van der Waals surface area (Å²) in [6, 6.07) is 4.79. The average molecular weight is 289 g/mol. The van der Waals surface area contributed by atoms with Gasteiger partial charge in [0.05, 0.1) is 4.90 Å². The summed E-state index contributed by atoms with van der Waals surface area (Å²) in [5.74, 6) is 0. The maximum absolute atomic E-state index is 12.1. The molecule has 0 bridgehead atoms. The third-order valence-electron chi connectivity index (χ3n) is 1.43. The second kappa shape index (κ2) is 3.54. The molecular weight excluding hydrogens is 285 g/mol. The molecule has 0 saturated carbocycles. The van der Waals surface area contributed by atoms with Crippen LogP contribution in [0.5, 0.6) is 0 Å². The molecule has 2 nitrogen and oxygen atoms in total. The van der Waals surface area contributed by atoms with Gasteiger partial charge in [0.1, 0.15) is 0 Å². The van der Waals surface area contributed by atoms with Crippen LogP contribution in [-0.2, 0) is 9.84 Å². The predicted molar refractivity (Wildman–Crippen MR) is 47.4 cm³/mol. The van der Waals surface area contributed by atoms with Crippen LogP contribution in [0.3, 0.4) is 0 Å². The molecule has 0 N–H and O–H groups in total. The Hall–Kier alpha value is -0.560. The zero-order valence-electron chi connectivity index (χ0n) is 6.55. The van der Waals surface area contributed by atoms with Crippen LogP contribution in [0.2, 0.25) is 0 Å². The minimum absolute atomic E-state index is 0.0997. The first-order valence-corrected chi connectivity index (χ1v) is 5.60. The smallest absolute Gasteiger partial charge is 0.214 e. The van der Waals surface area contributed by atoms with E-state index in [4.69, 9.17) is 0 Å². The lowest BCUT2D eigenvalue weighted by molar-refractivity contribution is -0.0436. The van der Waals surface area contributed by atoms with Crippen LogP contribution >= 0.6 is 15.9 Å². The normalized spacial score (nSPS) is 12.9. The van der Waals surface area contributed by atoms with Crippen molar-refractivity contribution in [3.63, 3.8) is 0 Å². The predicted octanol–water partition coefficient (Wildman–Crippen LogP) is 2.74. The molecule has 7 heteroatoms. The first-order chi connectivity index (χ1) is 6.27. The van der Waals surface area contributed by atoms with Crippen LogP contribution in [0.25, 0.3) is 0 Å². The molecule has 0 unspecified atom stereocenters. The van der Waals surface area contributed by atoms with Crippen molar-refractivity contribution in [2.75, 3.05) is 0 Å². The highest BCUT2D eigenvalue weighted by Crippen LogP contribution is 2.33. The first kappa shape index (κ1) is 11.5. The van der Waals surface area contributed by atoms with Crippen LogP contribution in [0, 0.1) is 0 Å². The average Bonchev–Trinajstić information content (AvgIpc) is 2.02. The van der Waals surface area contributed by atoms with Gasteiger partial charge in [-0.15, -0.1) is 0 Å². The minimum atomic E-state index is -5.27. The molecule has 0 aliphatic carbocycles. The molecule has 0 spiro atoms. The van der Waals surface area contributed by atoms with Crippen molar-refractivity contribution < 1.29 is 21.6 Å². The quantitative estimate of drug-likeness (QED) is 0.796. The molecular formula is C7H4BrF3O2S. The van der Waals surface area contributed by atoms with Crippen molar-refractivity contribution >= 4 is 25.8 Å². The summed E-state index contributed by atoms with van der Waals surface area (Å²) in [5, 5.41) is 0. The highest BCUT2D eigenvalue weighted by Gasteiger charge is 2.47. The summed E-state index contributed by atoms with van der Waals surface area (Å²) in [6.07, 6.45) is 0. The number of halogens is 4. The van der Waals surface area contributed by atoms with E-state index in [1.807, 2.05) is 0 Å². The Bertz CT molecular complexity index is 438. The lowest BCUT2D eigenvalue weighted by Crippen LogP contribution is -2.23. The maximum atomic E-state index is 12.1. The van der Waals surface area contributed by atoms with E-state index in [1.54, 1.807) is 0 Å². The van der Waals surface area contributed by atoms with Crippen molar-refractivity contribution in [1.82, 2.24) is 0 Å². The molecule has 0 heterocycles. The highest BCUT2D eigenvalue weighted by atomic mass is 79.9.